The number of aromatic nitrogens is 2. The van der Waals surface area contributed by atoms with Crippen molar-refractivity contribution in [3.63, 3.8) is 0 Å². The second-order valence-corrected chi connectivity index (χ2v) is 3.45. The normalized spacial score (nSPS) is 20.4. The van der Waals surface area contributed by atoms with Gasteiger partial charge in [-0.1, -0.05) is 0 Å². The molecular formula is C9H10N4O3. The van der Waals surface area contributed by atoms with E-state index in [4.69, 9.17) is 0 Å². The number of hydrogen-bond donors (Lipinski definition) is 3. The Morgan fingerprint density at radius 1 is 1.50 bits per heavy atom. The molecule has 2 heterocycles. The number of rotatable bonds is 2. The molecule has 7 nitrogen and oxygen atoms in total. The molecular weight excluding hydrogens is 212 g/mol. The van der Waals surface area contributed by atoms with Crippen LogP contribution < -0.4 is 10.6 Å². The average Bonchev–Trinajstić information content (AvgIpc) is 2.75. The van der Waals surface area contributed by atoms with Gasteiger partial charge in [0, 0.05) is 12.6 Å². The minimum absolute atomic E-state index is 0.236. The van der Waals surface area contributed by atoms with Gasteiger partial charge in [-0.15, -0.1) is 0 Å². The second kappa shape index (κ2) is 4.13. The van der Waals surface area contributed by atoms with E-state index < -0.39 is 17.9 Å². The summed E-state index contributed by atoms with van der Waals surface area (Å²) in [4.78, 5) is 33.8. The Bertz CT molecular complexity index is 426. The van der Waals surface area contributed by atoms with Crippen LogP contribution in [-0.4, -0.2) is 34.0 Å². The summed E-state index contributed by atoms with van der Waals surface area (Å²) in [6, 6.07) is 0.842. The fraction of sp³-hybridized carbons (Fsp3) is 0.333. The van der Waals surface area contributed by atoms with Gasteiger partial charge in [-0.3, -0.25) is 24.8 Å². The Kier molecular flexibility index (Phi) is 2.67. The summed E-state index contributed by atoms with van der Waals surface area (Å²) in [6.07, 6.45) is 2.00. The number of nitrogens with one attached hydrogen (secondary N) is 3. The molecule has 1 aliphatic heterocycles. The van der Waals surface area contributed by atoms with Gasteiger partial charge in [0.05, 0.1) is 0 Å². The van der Waals surface area contributed by atoms with Crippen LogP contribution >= 0.6 is 0 Å². The lowest BCUT2D eigenvalue weighted by molar-refractivity contribution is -0.134. The molecule has 1 aromatic rings. The summed E-state index contributed by atoms with van der Waals surface area (Å²) >= 11 is 0. The molecule has 0 saturated carbocycles. The van der Waals surface area contributed by atoms with Crippen LogP contribution in [0.2, 0.25) is 0 Å². The maximum Gasteiger partial charge on any atom is 0.269 e. The zero-order valence-corrected chi connectivity index (χ0v) is 8.32. The molecule has 1 aromatic heterocycles. The molecule has 0 aromatic carbocycles. The van der Waals surface area contributed by atoms with Gasteiger partial charge in [-0.25, -0.2) is 0 Å². The zero-order chi connectivity index (χ0) is 11.5. The Labute approximate surface area is 90.6 Å². The van der Waals surface area contributed by atoms with Crippen molar-refractivity contribution in [2.75, 3.05) is 0 Å². The van der Waals surface area contributed by atoms with Crippen molar-refractivity contribution in [1.29, 1.82) is 0 Å². The van der Waals surface area contributed by atoms with E-state index in [0.29, 0.717) is 6.42 Å². The van der Waals surface area contributed by atoms with E-state index >= 15 is 0 Å². The first-order valence-corrected chi connectivity index (χ1v) is 4.81. The fourth-order valence-electron chi connectivity index (χ4n) is 1.45. The van der Waals surface area contributed by atoms with Gasteiger partial charge < -0.3 is 5.32 Å². The maximum atomic E-state index is 11.6. The lowest BCUT2D eigenvalue weighted by Gasteiger charge is -2.21. The number of H-pyrrole nitrogens is 1. The van der Waals surface area contributed by atoms with Crippen LogP contribution in [0.4, 0.5) is 0 Å². The topological polar surface area (TPSA) is 104 Å². The molecule has 0 bridgehead atoms. The van der Waals surface area contributed by atoms with Crippen LogP contribution in [0.5, 0.6) is 0 Å². The first-order valence-electron chi connectivity index (χ1n) is 4.81. The smallest absolute Gasteiger partial charge is 0.269 e. The Balaban J connectivity index is 1.97. The van der Waals surface area contributed by atoms with Crippen LogP contribution in [0, 0.1) is 0 Å². The van der Waals surface area contributed by atoms with Crippen molar-refractivity contribution in [3.8, 4) is 0 Å². The van der Waals surface area contributed by atoms with Crippen molar-refractivity contribution in [3.05, 3.63) is 18.0 Å². The summed E-state index contributed by atoms with van der Waals surface area (Å²) in [6.45, 7) is 0. The molecule has 3 amide bonds. The molecule has 7 heteroatoms. The lowest BCUT2D eigenvalue weighted by atomic mass is 10.1. The molecule has 0 aliphatic carbocycles. The van der Waals surface area contributed by atoms with E-state index in [0.717, 1.165) is 0 Å². The Morgan fingerprint density at radius 3 is 2.94 bits per heavy atom. The molecule has 0 spiro atoms. The summed E-state index contributed by atoms with van der Waals surface area (Å²) in [5, 5.41) is 10.8. The highest BCUT2D eigenvalue weighted by atomic mass is 16.2. The van der Waals surface area contributed by atoms with Gasteiger partial charge in [-0.2, -0.15) is 5.10 Å². The first-order chi connectivity index (χ1) is 7.66. The quantitative estimate of drug-likeness (QED) is 0.555. The van der Waals surface area contributed by atoms with Crippen molar-refractivity contribution >= 4 is 17.7 Å². The molecule has 84 valence electrons. The van der Waals surface area contributed by atoms with E-state index in [2.05, 4.69) is 20.8 Å². The van der Waals surface area contributed by atoms with Crippen LogP contribution in [0.3, 0.4) is 0 Å². The van der Waals surface area contributed by atoms with Crippen molar-refractivity contribution < 1.29 is 14.4 Å². The molecule has 1 unspecified atom stereocenters. The van der Waals surface area contributed by atoms with E-state index in [1.165, 1.54) is 12.3 Å². The number of piperidine rings is 1. The molecule has 16 heavy (non-hydrogen) atoms. The molecule has 1 aliphatic rings. The third-order valence-electron chi connectivity index (χ3n) is 2.29. The number of amides is 3. The number of carbonyl (C=O) groups is 3. The number of aromatic amines is 1. The molecule has 1 fully saturated rings. The Hall–Kier alpha value is -2.18. The predicted octanol–water partition coefficient (Wildman–Crippen LogP) is -1.06. The number of nitrogens with zero attached hydrogens (tertiary/aromatic N) is 1. The van der Waals surface area contributed by atoms with Crippen LogP contribution in [0.25, 0.3) is 0 Å². The largest absolute Gasteiger partial charge is 0.339 e. The minimum Gasteiger partial charge on any atom is -0.339 e. The highest BCUT2D eigenvalue weighted by Gasteiger charge is 2.28. The molecule has 2 rings (SSSR count). The predicted molar refractivity (Wildman–Crippen MR) is 52.2 cm³/mol. The van der Waals surface area contributed by atoms with Gasteiger partial charge in [0.25, 0.3) is 5.91 Å². The minimum atomic E-state index is -0.659. The zero-order valence-electron chi connectivity index (χ0n) is 8.32. The Morgan fingerprint density at radius 2 is 2.31 bits per heavy atom. The standard InChI is InChI=1S/C9H10N4O3/c14-7-2-1-5(8(15)12-7)11-9(16)6-3-4-10-13-6/h3-5H,1-2H2,(H,10,13)(H,11,16)(H,12,14,15). The van der Waals surface area contributed by atoms with Gasteiger partial charge in [0.2, 0.25) is 11.8 Å². The first kappa shape index (κ1) is 10.3. The van der Waals surface area contributed by atoms with Gasteiger partial charge in [-0.05, 0) is 12.5 Å². The SMILES string of the molecule is O=C1CCC(NC(=O)c2ccn[nH]2)C(=O)N1. The van der Waals surface area contributed by atoms with Crippen LogP contribution in [-0.2, 0) is 9.59 Å². The number of imide groups is 1. The molecule has 1 atom stereocenters. The molecule has 3 N–H and O–H groups in total. The highest BCUT2D eigenvalue weighted by molar-refractivity contribution is 6.03. The molecule has 1 saturated heterocycles. The van der Waals surface area contributed by atoms with E-state index in [1.807, 2.05) is 0 Å². The van der Waals surface area contributed by atoms with Crippen LogP contribution in [0.15, 0.2) is 12.3 Å². The van der Waals surface area contributed by atoms with E-state index in [9.17, 15) is 14.4 Å². The lowest BCUT2D eigenvalue weighted by Crippen LogP contribution is -2.52. The van der Waals surface area contributed by atoms with Gasteiger partial charge in [0.15, 0.2) is 0 Å². The second-order valence-electron chi connectivity index (χ2n) is 3.45. The number of carbonyl (C=O) groups excluding carboxylic acids is 3. The number of hydrogen-bond acceptors (Lipinski definition) is 4. The van der Waals surface area contributed by atoms with E-state index in [-0.39, 0.29) is 18.0 Å². The monoisotopic (exact) mass is 222 g/mol. The highest BCUT2D eigenvalue weighted by Crippen LogP contribution is 2.05. The summed E-state index contributed by atoms with van der Waals surface area (Å²) in [5.74, 6) is -1.19. The summed E-state index contributed by atoms with van der Waals surface area (Å²) < 4.78 is 0. The van der Waals surface area contributed by atoms with Crippen molar-refractivity contribution in [2.45, 2.75) is 18.9 Å². The van der Waals surface area contributed by atoms with Crippen molar-refractivity contribution in [2.24, 2.45) is 0 Å². The average molecular weight is 222 g/mol. The third kappa shape index (κ3) is 2.08. The fourth-order valence-corrected chi connectivity index (χ4v) is 1.45. The maximum absolute atomic E-state index is 11.6. The van der Waals surface area contributed by atoms with E-state index in [1.54, 1.807) is 0 Å². The molecule has 0 radical (unpaired) electrons. The van der Waals surface area contributed by atoms with Crippen molar-refractivity contribution in [1.82, 2.24) is 20.8 Å². The summed E-state index contributed by atoms with van der Waals surface area (Å²) in [7, 11) is 0. The van der Waals surface area contributed by atoms with Gasteiger partial charge >= 0.3 is 0 Å². The summed E-state index contributed by atoms with van der Waals surface area (Å²) in [5.41, 5.74) is 0.282. The van der Waals surface area contributed by atoms with Crippen LogP contribution in [0.1, 0.15) is 23.3 Å². The third-order valence-corrected chi connectivity index (χ3v) is 2.29. The van der Waals surface area contributed by atoms with Gasteiger partial charge in [0.1, 0.15) is 11.7 Å².